The summed E-state index contributed by atoms with van der Waals surface area (Å²) in [5.41, 5.74) is 1.59. The number of benzene rings is 2. The standard InChI is InChI=1S/C24H19FN2O4S/c1-17-5-11-20(12-6-17)32(29,30)23-14-13-21(31-23)24(28)27(22-4-2-3-15-26-22)16-18-7-9-19(25)10-8-18/h2-15H,16H2,1H3. The molecule has 0 saturated heterocycles. The zero-order valence-electron chi connectivity index (χ0n) is 17.1. The van der Waals surface area contributed by atoms with E-state index in [2.05, 4.69) is 4.98 Å². The highest BCUT2D eigenvalue weighted by Gasteiger charge is 2.27. The molecule has 2 aromatic carbocycles. The fraction of sp³-hybridized carbons (Fsp3) is 0.0833. The molecule has 0 aliphatic heterocycles. The summed E-state index contributed by atoms with van der Waals surface area (Å²) in [5, 5.41) is -0.326. The van der Waals surface area contributed by atoms with Crippen LogP contribution in [0.25, 0.3) is 0 Å². The van der Waals surface area contributed by atoms with Crippen molar-refractivity contribution in [1.29, 1.82) is 0 Å². The van der Waals surface area contributed by atoms with Crippen LogP contribution in [0, 0.1) is 12.7 Å². The van der Waals surface area contributed by atoms with Crippen molar-refractivity contribution in [2.45, 2.75) is 23.5 Å². The number of furan rings is 1. The third-order valence-electron chi connectivity index (χ3n) is 4.81. The molecule has 162 valence electrons. The summed E-state index contributed by atoms with van der Waals surface area (Å²) in [6.07, 6.45) is 1.54. The Bertz CT molecular complexity index is 1330. The fourth-order valence-electron chi connectivity index (χ4n) is 3.09. The highest BCUT2D eigenvalue weighted by atomic mass is 32.2. The molecule has 0 aliphatic carbocycles. The Balaban J connectivity index is 1.66. The van der Waals surface area contributed by atoms with Crippen LogP contribution < -0.4 is 4.90 Å². The van der Waals surface area contributed by atoms with E-state index in [1.165, 1.54) is 47.5 Å². The fourth-order valence-corrected chi connectivity index (χ4v) is 4.26. The summed E-state index contributed by atoms with van der Waals surface area (Å²) in [6.45, 7) is 1.95. The molecule has 0 aliphatic rings. The van der Waals surface area contributed by atoms with E-state index in [0.717, 1.165) is 5.56 Å². The molecule has 4 aromatic rings. The van der Waals surface area contributed by atoms with Crippen LogP contribution in [-0.4, -0.2) is 19.3 Å². The van der Waals surface area contributed by atoms with Gasteiger partial charge in [0.25, 0.3) is 5.91 Å². The number of sulfone groups is 1. The van der Waals surface area contributed by atoms with Crippen LogP contribution >= 0.6 is 0 Å². The topological polar surface area (TPSA) is 80.5 Å². The summed E-state index contributed by atoms with van der Waals surface area (Å²) in [7, 11) is -3.92. The number of hydrogen-bond donors (Lipinski definition) is 0. The van der Waals surface area contributed by atoms with Gasteiger partial charge in [-0.05, 0) is 61.0 Å². The van der Waals surface area contributed by atoms with Gasteiger partial charge in [0.15, 0.2) is 5.76 Å². The lowest BCUT2D eigenvalue weighted by Crippen LogP contribution is -2.30. The van der Waals surface area contributed by atoms with E-state index >= 15 is 0 Å². The lowest BCUT2D eigenvalue weighted by molar-refractivity contribution is 0.0952. The summed E-state index contributed by atoms with van der Waals surface area (Å²) in [4.78, 5) is 18.9. The molecule has 0 radical (unpaired) electrons. The van der Waals surface area contributed by atoms with E-state index in [9.17, 15) is 17.6 Å². The number of aryl methyl sites for hydroxylation is 1. The minimum absolute atomic E-state index is 0.0735. The highest BCUT2D eigenvalue weighted by Crippen LogP contribution is 2.25. The number of carbonyl (C=O) groups is 1. The second-order valence-corrected chi connectivity index (χ2v) is 9.02. The Labute approximate surface area is 184 Å². The third kappa shape index (κ3) is 4.45. The Morgan fingerprint density at radius 2 is 1.69 bits per heavy atom. The molecule has 0 N–H and O–H groups in total. The molecule has 0 bridgehead atoms. The van der Waals surface area contributed by atoms with Crippen LogP contribution in [0.4, 0.5) is 10.2 Å². The van der Waals surface area contributed by atoms with Crippen LogP contribution in [0.3, 0.4) is 0 Å². The normalized spacial score (nSPS) is 11.3. The van der Waals surface area contributed by atoms with Crippen molar-refractivity contribution in [2.75, 3.05) is 4.90 Å². The predicted octanol–water partition coefficient (Wildman–Crippen LogP) is 4.80. The van der Waals surface area contributed by atoms with Gasteiger partial charge in [-0.25, -0.2) is 17.8 Å². The van der Waals surface area contributed by atoms with Crippen molar-refractivity contribution in [3.05, 3.63) is 108 Å². The number of rotatable bonds is 6. The van der Waals surface area contributed by atoms with Gasteiger partial charge in [-0.2, -0.15) is 0 Å². The van der Waals surface area contributed by atoms with Gasteiger partial charge < -0.3 is 4.42 Å². The average Bonchev–Trinajstić information content (AvgIpc) is 3.30. The maximum Gasteiger partial charge on any atom is 0.295 e. The van der Waals surface area contributed by atoms with Crippen LogP contribution in [0.1, 0.15) is 21.7 Å². The summed E-state index contributed by atoms with van der Waals surface area (Å²) in [5.74, 6) is -0.760. The van der Waals surface area contributed by atoms with Crippen LogP contribution in [0.5, 0.6) is 0 Å². The minimum Gasteiger partial charge on any atom is -0.439 e. The molecule has 4 rings (SSSR count). The van der Waals surface area contributed by atoms with Gasteiger partial charge in [0.2, 0.25) is 14.9 Å². The minimum atomic E-state index is -3.92. The molecular weight excluding hydrogens is 431 g/mol. The average molecular weight is 450 g/mol. The van der Waals surface area contributed by atoms with Crippen molar-refractivity contribution in [2.24, 2.45) is 0 Å². The molecule has 8 heteroatoms. The van der Waals surface area contributed by atoms with Crippen LogP contribution in [-0.2, 0) is 16.4 Å². The Kier molecular flexibility index (Phi) is 5.87. The maximum atomic E-state index is 13.3. The predicted molar refractivity (Wildman–Crippen MR) is 116 cm³/mol. The van der Waals surface area contributed by atoms with E-state index in [1.807, 2.05) is 6.92 Å². The quantitative estimate of drug-likeness (QED) is 0.421. The molecule has 2 aromatic heterocycles. The Morgan fingerprint density at radius 3 is 2.34 bits per heavy atom. The number of aromatic nitrogens is 1. The van der Waals surface area contributed by atoms with Crippen LogP contribution in [0.15, 0.2) is 99.5 Å². The summed E-state index contributed by atoms with van der Waals surface area (Å²) in [6, 6.07) is 19.8. The number of halogens is 1. The van der Waals surface area contributed by atoms with E-state index in [-0.39, 0.29) is 28.1 Å². The molecule has 0 unspecified atom stereocenters. The summed E-state index contributed by atoms with van der Waals surface area (Å²) < 4.78 is 44.5. The SMILES string of the molecule is Cc1ccc(S(=O)(=O)c2ccc(C(=O)N(Cc3ccc(F)cc3)c3ccccn3)o2)cc1. The largest absolute Gasteiger partial charge is 0.439 e. The number of carbonyl (C=O) groups excluding carboxylic acids is 1. The number of pyridine rings is 1. The molecule has 1 amide bonds. The van der Waals surface area contributed by atoms with E-state index < -0.39 is 15.7 Å². The molecular formula is C24H19FN2O4S. The number of hydrogen-bond acceptors (Lipinski definition) is 5. The molecule has 0 saturated carbocycles. The molecule has 6 nitrogen and oxygen atoms in total. The molecule has 0 fully saturated rings. The molecule has 0 atom stereocenters. The summed E-state index contributed by atoms with van der Waals surface area (Å²) >= 11 is 0. The molecule has 0 spiro atoms. The zero-order valence-corrected chi connectivity index (χ0v) is 17.9. The Morgan fingerprint density at radius 1 is 0.969 bits per heavy atom. The zero-order chi connectivity index (χ0) is 22.7. The second kappa shape index (κ2) is 8.76. The second-order valence-electron chi connectivity index (χ2n) is 7.14. The lowest BCUT2D eigenvalue weighted by atomic mass is 10.2. The van der Waals surface area contributed by atoms with Gasteiger partial charge in [0, 0.05) is 6.20 Å². The van der Waals surface area contributed by atoms with Gasteiger partial charge >= 0.3 is 0 Å². The first-order chi connectivity index (χ1) is 15.3. The van der Waals surface area contributed by atoms with Crippen molar-refractivity contribution in [3.8, 4) is 0 Å². The van der Waals surface area contributed by atoms with Crippen molar-refractivity contribution < 1.29 is 22.0 Å². The van der Waals surface area contributed by atoms with Gasteiger partial charge in [-0.15, -0.1) is 0 Å². The van der Waals surface area contributed by atoms with E-state index in [4.69, 9.17) is 4.42 Å². The third-order valence-corrected chi connectivity index (χ3v) is 6.46. The number of anilines is 1. The number of nitrogens with zero attached hydrogens (tertiary/aromatic N) is 2. The first-order valence-electron chi connectivity index (χ1n) is 9.73. The van der Waals surface area contributed by atoms with Crippen LogP contribution in [0.2, 0.25) is 0 Å². The highest BCUT2D eigenvalue weighted by molar-refractivity contribution is 7.91. The first kappa shape index (κ1) is 21.5. The van der Waals surface area contributed by atoms with Crippen molar-refractivity contribution in [1.82, 2.24) is 4.98 Å². The first-order valence-corrected chi connectivity index (χ1v) is 11.2. The van der Waals surface area contributed by atoms with E-state index in [1.54, 1.807) is 42.5 Å². The lowest BCUT2D eigenvalue weighted by Gasteiger charge is -2.20. The smallest absolute Gasteiger partial charge is 0.295 e. The molecule has 32 heavy (non-hydrogen) atoms. The van der Waals surface area contributed by atoms with Crippen molar-refractivity contribution >= 4 is 21.6 Å². The van der Waals surface area contributed by atoms with Gasteiger partial charge in [-0.3, -0.25) is 9.69 Å². The molecule has 2 heterocycles. The van der Waals surface area contributed by atoms with Gasteiger partial charge in [0.1, 0.15) is 11.6 Å². The van der Waals surface area contributed by atoms with Gasteiger partial charge in [-0.1, -0.05) is 35.9 Å². The van der Waals surface area contributed by atoms with Gasteiger partial charge in [0.05, 0.1) is 11.4 Å². The Hall–Kier alpha value is -3.78. The maximum absolute atomic E-state index is 13.3. The number of amides is 1. The van der Waals surface area contributed by atoms with Crippen molar-refractivity contribution in [3.63, 3.8) is 0 Å². The monoisotopic (exact) mass is 450 g/mol. The van der Waals surface area contributed by atoms with E-state index in [0.29, 0.717) is 11.4 Å².